The lowest BCUT2D eigenvalue weighted by atomic mass is 10.3. The van der Waals surface area contributed by atoms with Gasteiger partial charge in [-0.1, -0.05) is 0 Å². The third-order valence-corrected chi connectivity index (χ3v) is 2.88. The summed E-state index contributed by atoms with van der Waals surface area (Å²) < 4.78 is 19.1. The molecule has 1 heterocycles. The maximum absolute atomic E-state index is 13.1. The van der Waals surface area contributed by atoms with Gasteiger partial charge in [0.2, 0.25) is 0 Å². The van der Waals surface area contributed by atoms with Crippen LogP contribution in [0.15, 0.2) is 41.0 Å². The molecule has 0 saturated heterocycles. The highest BCUT2D eigenvalue weighted by Crippen LogP contribution is 2.26. The summed E-state index contributed by atoms with van der Waals surface area (Å²) in [6.07, 6.45) is 1.68. The third-order valence-electron chi connectivity index (χ3n) is 2.27. The van der Waals surface area contributed by atoms with Gasteiger partial charge in [-0.15, -0.1) is 0 Å². The number of ether oxygens (including phenoxy) is 1. The Balaban J connectivity index is 2.17. The van der Waals surface area contributed by atoms with Crippen LogP contribution in [-0.4, -0.2) is 12.0 Å². The van der Waals surface area contributed by atoms with Crippen molar-refractivity contribution >= 4 is 15.9 Å². The Morgan fingerprint density at radius 3 is 2.78 bits per heavy atom. The van der Waals surface area contributed by atoms with Gasteiger partial charge >= 0.3 is 0 Å². The maximum Gasteiger partial charge on any atom is 0.137 e. The first-order valence-electron chi connectivity index (χ1n) is 5.41. The first kappa shape index (κ1) is 13.0. The molecule has 0 saturated carbocycles. The monoisotopic (exact) mass is 310 g/mol. The van der Waals surface area contributed by atoms with Crippen molar-refractivity contribution in [1.29, 1.82) is 0 Å². The molecule has 0 atom stereocenters. The first-order valence-corrected chi connectivity index (χ1v) is 6.21. The van der Waals surface area contributed by atoms with Gasteiger partial charge in [0, 0.05) is 18.8 Å². The number of nitrogens with one attached hydrogen (secondary N) is 1. The molecule has 1 aromatic heterocycles. The minimum absolute atomic E-state index is 0.312. The van der Waals surface area contributed by atoms with Crippen LogP contribution in [0.5, 0.6) is 11.5 Å². The average Bonchev–Trinajstić information content (AvgIpc) is 2.35. The Morgan fingerprint density at radius 1 is 1.28 bits per heavy atom. The van der Waals surface area contributed by atoms with Crippen LogP contribution in [-0.2, 0) is 6.54 Å². The second-order valence-electron chi connectivity index (χ2n) is 3.69. The second kappa shape index (κ2) is 5.93. The molecule has 3 nitrogen and oxygen atoms in total. The van der Waals surface area contributed by atoms with E-state index in [1.54, 1.807) is 24.4 Å². The number of nitrogens with zero attached hydrogens (tertiary/aromatic N) is 1. The predicted molar refractivity (Wildman–Crippen MR) is 71.2 cm³/mol. The summed E-state index contributed by atoms with van der Waals surface area (Å²) in [7, 11) is 1.85. The highest BCUT2D eigenvalue weighted by Gasteiger charge is 2.03. The van der Waals surface area contributed by atoms with Gasteiger partial charge < -0.3 is 10.1 Å². The molecule has 0 aliphatic rings. The number of hydrogen-bond acceptors (Lipinski definition) is 3. The number of hydrogen-bond donors (Lipinski definition) is 1. The van der Waals surface area contributed by atoms with Gasteiger partial charge in [0.15, 0.2) is 0 Å². The highest BCUT2D eigenvalue weighted by molar-refractivity contribution is 9.10. The van der Waals surface area contributed by atoms with E-state index >= 15 is 0 Å². The van der Waals surface area contributed by atoms with Crippen LogP contribution in [0.2, 0.25) is 0 Å². The fourth-order valence-electron chi connectivity index (χ4n) is 1.47. The van der Waals surface area contributed by atoms with E-state index in [0.29, 0.717) is 22.5 Å². The number of aromatic nitrogens is 1. The molecule has 0 radical (unpaired) electrons. The fraction of sp³-hybridized carbons (Fsp3) is 0.154. The van der Waals surface area contributed by atoms with Gasteiger partial charge in [-0.05, 0) is 47.2 Å². The van der Waals surface area contributed by atoms with Crippen LogP contribution in [0.4, 0.5) is 4.39 Å². The van der Waals surface area contributed by atoms with Crippen molar-refractivity contribution < 1.29 is 9.13 Å². The van der Waals surface area contributed by atoms with Gasteiger partial charge in [0.05, 0.1) is 10.2 Å². The summed E-state index contributed by atoms with van der Waals surface area (Å²) in [5, 5.41) is 3.02. The largest absolute Gasteiger partial charge is 0.457 e. The van der Waals surface area contributed by atoms with Crippen molar-refractivity contribution in [2.45, 2.75) is 6.54 Å². The lowest BCUT2D eigenvalue weighted by Gasteiger charge is -2.07. The molecular formula is C13H12BrFN2O. The zero-order valence-corrected chi connectivity index (χ0v) is 11.4. The molecule has 2 aromatic rings. The zero-order valence-electron chi connectivity index (χ0n) is 9.78. The van der Waals surface area contributed by atoms with E-state index in [1.807, 2.05) is 13.1 Å². The van der Waals surface area contributed by atoms with Gasteiger partial charge in [-0.3, -0.25) is 4.98 Å². The molecule has 0 aliphatic carbocycles. The Morgan fingerprint density at radius 2 is 2.06 bits per heavy atom. The molecule has 0 bridgehead atoms. The van der Waals surface area contributed by atoms with E-state index in [2.05, 4.69) is 26.2 Å². The van der Waals surface area contributed by atoms with Gasteiger partial charge in [0.25, 0.3) is 0 Å². The third kappa shape index (κ3) is 3.27. The molecule has 0 amide bonds. The number of pyridine rings is 1. The summed E-state index contributed by atoms with van der Waals surface area (Å²) in [5.41, 5.74) is 0.885. The van der Waals surface area contributed by atoms with Crippen LogP contribution in [0.1, 0.15) is 5.69 Å². The molecule has 0 unspecified atom stereocenters. The molecule has 2 rings (SSSR count). The molecule has 1 aromatic carbocycles. The smallest absolute Gasteiger partial charge is 0.137 e. The molecule has 0 spiro atoms. The Hall–Kier alpha value is -1.46. The lowest BCUT2D eigenvalue weighted by Crippen LogP contribution is -2.06. The van der Waals surface area contributed by atoms with E-state index in [9.17, 15) is 4.39 Å². The highest BCUT2D eigenvalue weighted by atomic mass is 79.9. The Kier molecular flexibility index (Phi) is 4.28. The topological polar surface area (TPSA) is 34.1 Å². The van der Waals surface area contributed by atoms with Crippen LogP contribution in [0.25, 0.3) is 0 Å². The van der Waals surface area contributed by atoms with E-state index in [4.69, 9.17) is 4.74 Å². The van der Waals surface area contributed by atoms with Gasteiger partial charge in [-0.2, -0.15) is 0 Å². The van der Waals surface area contributed by atoms with Crippen molar-refractivity contribution in [3.63, 3.8) is 0 Å². The SMILES string of the molecule is CNCc1cc(Oc2ccc(F)c(Br)c2)ccn1. The van der Waals surface area contributed by atoms with E-state index in [-0.39, 0.29) is 5.82 Å². The van der Waals surface area contributed by atoms with Crippen molar-refractivity contribution in [3.05, 3.63) is 52.5 Å². The molecule has 18 heavy (non-hydrogen) atoms. The number of rotatable bonds is 4. The van der Waals surface area contributed by atoms with Crippen molar-refractivity contribution in [3.8, 4) is 11.5 Å². The Bertz CT molecular complexity index is 548. The number of benzene rings is 1. The molecule has 0 fully saturated rings. The minimum Gasteiger partial charge on any atom is -0.457 e. The summed E-state index contributed by atoms with van der Waals surface area (Å²) in [5.74, 6) is 0.937. The van der Waals surface area contributed by atoms with Gasteiger partial charge in [0.1, 0.15) is 17.3 Å². The zero-order chi connectivity index (χ0) is 13.0. The quantitative estimate of drug-likeness (QED) is 0.938. The van der Waals surface area contributed by atoms with Gasteiger partial charge in [-0.25, -0.2) is 4.39 Å². The molecule has 94 valence electrons. The van der Waals surface area contributed by atoms with E-state index in [0.717, 1.165) is 5.69 Å². The van der Waals surface area contributed by atoms with E-state index in [1.165, 1.54) is 6.07 Å². The fourth-order valence-corrected chi connectivity index (χ4v) is 1.83. The first-order chi connectivity index (χ1) is 8.69. The molecule has 5 heteroatoms. The lowest BCUT2D eigenvalue weighted by molar-refractivity contribution is 0.478. The van der Waals surface area contributed by atoms with Crippen LogP contribution < -0.4 is 10.1 Å². The second-order valence-corrected chi connectivity index (χ2v) is 4.55. The standard InChI is InChI=1S/C13H12BrFN2O/c1-16-8-9-6-11(4-5-17-9)18-10-2-3-13(15)12(14)7-10/h2-7,16H,8H2,1H3. The average molecular weight is 311 g/mol. The van der Waals surface area contributed by atoms with Crippen LogP contribution in [0, 0.1) is 5.82 Å². The molecular weight excluding hydrogens is 299 g/mol. The summed E-state index contributed by atoms with van der Waals surface area (Å²) in [4.78, 5) is 4.19. The normalized spacial score (nSPS) is 10.4. The minimum atomic E-state index is -0.312. The van der Waals surface area contributed by atoms with Crippen molar-refractivity contribution in [2.24, 2.45) is 0 Å². The molecule has 1 N–H and O–H groups in total. The number of halogens is 2. The molecule has 0 aliphatic heterocycles. The summed E-state index contributed by atoms with van der Waals surface area (Å²) in [6, 6.07) is 8.13. The summed E-state index contributed by atoms with van der Waals surface area (Å²) in [6.45, 7) is 0.671. The van der Waals surface area contributed by atoms with Crippen molar-refractivity contribution in [1.82, 2.24) is 10.3 Å². The maximum atomic E-state index is 13.1. The van der Waals surface area contributed by atoms with E-state index < -0.39 is 0 Å². The van der Waals surface area contributed by atoms with Crippen molar-refractivity contribution in [2.75, 3.05) is 7.05 Å². The van der Waals surface area contributed by atoms with Crippen LogP contribution >= 0.6 is 15.9 Å². The predicted octanol–water partition coefficient (Wildman–Crippen LogP) is 3.49. The van der Waals surface area contributed by atoms with Crippen LogP contribution in [0.3, 0.4) is 0 Å². The summed E-state index contributed by atoms with van der Waals surface area (Å²) >= 11 is 3.12. The Labute approximate surface area is 113 Å².